The number of pyridine rings is 2. The van der Waals surface area contributed by atoms with Crippen LogP contribution in [0.1, 0.15) is 28.3 Å². The highest BCUT2D eigenvalue weighted by Gasteiger charge is 2.38. The van der Waals surface area contributed by atoms with Crippen LogP contribution < -0.4 is 16.0 Å². The third-order valence-electron chi connectivity index (χ3n) is 5.20. The number of aromatic nitrogens is 2. The molecule has 2 aromatic heterocycles. The molecule has 0 aliphatic carbocycles. The highest BCUT2D eigenvalue weighted by molar-refractivity contribution is 5.92. The maximum Gasteiger partial charge on any atom is 0.340 e. The summed E-state index contributed by atoms with van der Waals surface area (Å²) in [5.74, 6) is -1.10. The Hall–Kier alpha value is -3.87. The van der Waals surface area contributed by atoms with Gasteiger partial charge in [-0.15, -0.1) is 0 Å². The van der Waals surface area contributed by atoms with Crippen LogP contribution >= 0.6 is 0 Å². The third kappa shape index (κ3) is 3.34. The number of nitrogens with zero attached hydrogens (tertiary/aromatic N) is 2. The number of benzene rings is 1. The average molecular weight is 403 g/mol. The van der Waals surface area contributed by atoms with Crippen molar-refractivity contribution < 1.29 is 14.3 Å². The number of hydrogen-bond donors (Lipinski definition) is 1. The van der Waals surface area contributed by atoms with E-state index in [1.165, 1.54) is 7.11 Å². The highest BCUT2D eigenvalue weighted by Crippen LogP contribution is 2.41. The van der Waals surface area contributed by atoms with E-state index in [0.29, 0.717) is 23.4 Å². The fraction of sp³-hybridized carbons (Fsp3) is 0.174. The minimum absolute atomic E-state index is 0.0734. The molecule has 3 heterocycles. The molecule has 0 fully saturated rings. The van der Waals surface area contributed by atoms with Crippen LogP contribution in [0, 0.1) is 6.92 Å². The molecule has 0 saturated heterocycles. The Labute approximate surface area is 173 Å². The van der Waals surface area contributed by atoms with E-state index in [1.54, 1.807) is 35.2 Å². The number of ether oxygens (including phenoxy) is 2. The Morgan fingerprint density at radius 3 is 2.57 bits per heavy atom. The van der Waals surface area contributed by atoms with E-state index in [2.05, 4.69) is 4.98 Å². The number of hydrogen-bond acceptors (Lipinski definition) is 6. The van der Waals surface area contributed by atoms with E-state index >= 15 is 0 Å². The first kappa shape index (κ1) is 19.4. The van der Waals surface area contributed by atoms with E-state index in [4.69, 9.17) is 15.2 Å². The van der Waals surface area contributed by atoms with Gasteiger partial charge in [0.05, 0.1) is 25.1 Å². The van der Waals surface area contributed by atoms with Crippen molar-refractivity contribution in [2.24, 2.45) is 5.73 Å². The molecule has 1 atom stereocenters. The molecule has 0 spiro atoms. The molecule has 1 aliphatic heterocycles. The zero-order chi connectivity index (χ0) is 21.3. The number of methoxy groups -OCH3 is 1. The van der Waals surface area contributed by atoms with Crippen molar-refractivity contribution in [3.63, 3.8) is 0 Å². The van der Waals surface area contributed by atoms with Gasteiger partial charge in [-0.25, -0.2) is 4.79 Å². The summed E-state index contributed by atoms with van der Waals surface area (Å²) < 4.78 is 12.3. The normalized spacial score (nSPS) is 15.3. The maximum absolute atomic E-state index is 13.6. The fourth-order valence-corrected chi connectivity index (χ4v) is 3.75. The second kappa shape index (κ2) is 7.87. The maximum atomic E-state index is 13.6. The van der Waals surface area contributed by atoms with E-state index in [0.717, 1.165) is 11.3 Å². The summed E-state index contributed by atoms with van der Waals surface area (Å²) in [4.78, 5) is 30.2. The van der Waals surface area contributed by atoms with Crippen LogP contribution in [0.5, 0.6) is 5.75 Å². The van der Waals surface area contributed by atoms with Crippen LogP contribution in [0.2, 0.25) is 0 Å². The summed E-state index contributed by atoms with van der Waals surface area (Å²) in [6.07, 6.45) is 3.21. The third-order valence-corrected chi connectivity index (χ3v) is 5.20. The van der Waals surface area contributed by atoms with Crippen molar-refractivity contribution in [1.82, 2.24) is 9.55 Å². The minimum Gasteiger partial charge on any atom is -0.465 e. The molecule has 3 aromatic rings. The smallest absolute Gasteiger partial charge is 0.340 e. The second-order valence-corrected chi connectivity index (χ2v) is 7.03. The van der Waals surface area contributed by atoms with Gasteiger partial charge in [-0.3, -0.25) is 9.78 Å². The van der Waals surface area contributed by atoms with Gasteiger partial charge >= 0.3 is 5.97 Å². The van der Waals surface area contributed by atoms with Crippen molar-refractivity contribution in [2.45, 2.75) is 19.4 Å². The van der Waals surface area contributed by atoms with Gasteiger partial charge in [0.1, 0.15) is 11.3 Å². The summed E-state index contributed by atoms with van der Waals surface area (Å²) in [5, 5.41) is 0. The molecular weight excluding hydrogens is 382 g/mol. The molecule has 0 saturated carbocycles. The molecule has 0 radical (unpaired) electrons. The Bertz CT molecular complexity index is 1180. The average Bonchev–Trinajstić information content (AvgIpc) is 2.76. The standard InChI is InChI=1S/C23H21N3O4/c1-14-12-17-19(22(27)26(14)13-15-6-4-3-5-7-15)18(16-8-10-25-11-9-16)20(21(24)30-17)23(28)29-2/h3-12,18H,13,24H2,1-2H3/t18-/m0/s1. The van der Waals surface area contributed by atoms with Gasteiger partial charge in [0.25, 0.3) is 5.56 Å². The first-order chi connectivity index (χ1) is 14.5. The molecule has 30 heavy (non-hydrogen) atoms. The van der Waals surface area contributed by atoms with E-state index < -0.39 is 11.9 Å². The lowest BCUT2D eigenvalue weighted by Crippen LogP contribution is -2.35. The van der Waals surface area contributed by atoms with Crippen molar-refractivity contribution in [1.29, 1.82) is 0 Å². The predicted octanol–water partition coefficient (Wildman–Crippen LogP) is 2.47. The van der Waals surface area contributed by atoms with Crippen molar-refractivity contribution in [3.8, 4) is 5.75 Å². The van der Waals surface area contributed by atoms with Gasteiger partial charge < -0.3 is 19.8 Å². The molecule has 7 nitrogen and oxygen atoms in total. The lowest BCUT2D eigenvalue weighted by Gasteiger charge is -2.28. The number of carbonyl (C=O) groups is 1. The van der Waals surface area contributed by atoms with Gasteiger partial charge in [-0.05, 0) is 30.2 Å². The van der Waals surface area contributed by atoms with Crippen LogP contribution in [0.15, 0.2) is 77.2 Å². The number of esters is 1. The molecule has 0 unspecified atom stereocenters. The number of fused-ring (bicyclic) bond motifs is 1. The highest BCUT2D eigenvalue weighted by atomic mass is 16.5. The summed E-state index contributed by atoms with van der Waals surface area (Å²) in [6.45, 7) is 2.24. The number of rotatable bonds is 4. The first-order valence-corrected chi connectivity index (χ1v) is 9.45. The number of nitrogens with two attached hydrogens (primary N) is 1. The topological polar surface area (TPSA) is 96.4 Å². The van der Waals surface area contributed by atoms with Crippen LogP contribution in [-0.4, -0.2) is 22.6 Å². The molecule has 152 valence electrons. The van der Waals surface area contributed by atoms with Gasteiger partial charge in [0, 0.05) is 24.2 Å². The molecular formula is C23H21N3O4. The van der Waals surface area contributed by atoms with Crippen molar-refractivity contribution in [3.05, 3.63) is 105 Å². The quantitative estimate of drug-likeness (QED) is 0.673. The SMILES string of the molecule is COC(=O)C1=C(N)Oc2cc(C)n(Cc3ccccc3)c(=O)c2[C@@H]1c1ccncc1. The Balaban J connectivity index is 1.94. The van der Waals surface area contributed by atoms with Crippen LogP contribution in [-0.2, 0) is 16.1 Å². The lowest BCUT2D eigenvalue weighted by atomic mass is 9.84. The van der Waals surface area contributed by atoms with Crippen LogP contribution in [0.3, 0.4) is 0 Å². The van der Waals surface area contributed by atoms with Gasteiger partial charge in [-0.2, -0.15) is 0 Å². The minimum atomic E-state index is -0.723. The lowest BCUT2D eigenvalue weighted by molar-refractivity contribution is -0.136. The van der Waals surface area contributed by atoms with Gasteiger partial charge in [0.15, 0.2) is 0 Å². The summed E-state index contributed by atoms with van der Waals surface area (Å²) >= 11 is 0. The van der Waals surface area contributed by atoms with E-state index in [1.807, 2.05) is 37.3 Å². The molecule has 7 heteroatoms. The second-order valence-electron chi connectivity index (χ2n) is 7.03. The molecule has 1 aromatic carbocycles. The van der Waals surface area contributed by atoms with Crippen LogP contribution in [0.4, 0.5) is 0 Å². The summed E-state index contributed by atoms with van der Waals surface area (Å²) in [6, 6.07) is 15.0. The predicted molar refractivity (Wildman–Crippen MR) is 111 cm³/mol. The zero-order valence-corrected chi connectivity index (χ0v) is 16.7. The van der Waals surface area contributed by atoms with Crippen LogP contribution in [0.25, 0.3) is 0 Å². The number of aryl methyl sites for hydroxylation is 1. The molecule has 1 aliphatic rings. The number of carbonyl (C=O) groups excluding carboxylic acids is 1. The van der Waals surface area contributed by atoms with E-state index in [9.17, 15) is 9.59 Å². The summed E-state index contributed by atoms with van der Waals surface area (Å²) in [7, 11) is 1.27. The Kier molecular flexibility index (Phi) is 5.10. The van der Waals surface area contributed by atoms with Gasteiger partial charge in [-0.1, -0.05) is 30.3 Å². The Morgan fingerprint density at radius 2 is 1.90 bits per heavy atom. The zero-order valence-electron chi connectivity index (χ0n) is 16.7. The van der Waals surface area contributed by atoms with Gasteiger partial charge in [0.2, 0.25) is 5.88 Å². The molecule has 0 amide bonds. The van der Waals surface area contributed by atoms with Crippen molar-refractivity contribution >= 4 is 5.97 Å². The molecule has 2 N–H and O–H groups in total. The fourth-order valence-electron chi connectivity index (χ4n) is 3.75. The van der Waals surface area contributed by atoms with E-state index in [-0.39, 0.29) is 17.0 Å². The largest absolute Gasteiger partial charge is 0.465 e. The monoisotopic (exact) mass is 403 g/mol. The first-order valence-electron chi connectivity index (χ1n) is 9.45. The molecule has 4 rings (SSSR count). The Morgan fingerprint density at radius 1 is 1.20 bits per heavy atom. The van der Waals surface area contributed by atoms with Crippen molar-refractivity contribution in [2.75, 3.05) is 7.11 Å². The summed E-state index contributed by atoms with van der Waals surface area (Å²) in [5.41, 5.74) is 8.71. The molecule has 0 bridgehead atoms.